The first-order valence-corrected chi connectivity index (χ1v) is 14.0. The molecule has 1 amide bonds. The number of carboxylic acid groups (broad SMARTS) is 1. The van der Waals surface area contributed by atoms with Crippen LogP contribution in [-0.2, 0) is 29.2 Å². The van der Waals surface area contributed by atoms with Crippen LogP contribution in [0.4, 0.5) is 0 Å². The number of carboxylic acids is 1. The summed E-state index contributed by atoms with van der Waals surface area (Å²) in [6.45, 7) is 3.00. The van der Waals surface area contributed by atoms with Gasteiger partial charge < -0.3 is 34.8 Å². The molecular formula is C30H40N2O8. The van der Waals surface area contributed by atoms with Crippen molar-refractivity contribution >= 4 is 11.9 Å². The highest BCUT2D eigenvalue weighted by molar-refractivity contribution is 5.79. The molecule has 2 aliphatic rings. The molecule has 10 nitrogen and oxygen atoms in total. The first-order chi connectivity index (χ1) is 19.4. The Bertz CT molecular complexity index is 1160. The Hall–Kier alpha value is -3.18. The van der Waals surface area contributed by atoms with Gasteiger partial charge in [0.2, 0.25) is 12.7 Å². The number of hydrogen-bond donors (Lipinski definition) is 4. The standard InChI is InChI=1S/C30H40N2O8/c1-2-3-9-31(10-6-11-33)27(36)16-32-15-24(22-12-23(18-35)29-26(14-22)39-19-40-29)28(30(37)38)25(32)13-20-7-4-5-8-21(20)17-34/h4-5,7-8,12,14,24-25,28,33-35H,2-3,6,9-11,13,15-19H2,1H3,(H,37,38)/t24-,25+,28-/m1/s1. The molecule has 218 valence electrons. The Balaban J connectivity index is 1.70. The van der Waals surface area contributed by atoms with Crippen molar-refractivity contribution in [2.45, 2.75) is 57.8 Å². The van der Waals surface area contributed by atoms with Crippen molar-refractivity contribution in [2.75, 3.05) is 39.6 Å². The fourth-order valence-electron chi connectivity index (χ4n) is 5.90. The minimum Gasteiger partial charge on any atom is -0.481 e. The highest BCUT2D eigenvalue weighted by Gasteiger charge is 2.47. The zero-order chi connectivity index (χ0) is 28.6. The van der Waals surface area contributed by atoms with E-state index in [1.54, 1.807) is 17.0 Å². The molecule has 2 heterocycles. The van der Waals surface area contributed by atoms with Crippen LogP contribution >= 0.6 is 0 Å². The quantitative estimate of drug-likeness (QED) is 0.275. The van der Waals surface area contributed by atoms with E-state index < -0.39 is 23.8 Å². The molecule has 40 heavy (non-hydrogen) atoms. The van der Waals surface area contributed by atoms with Crippen molar-refractivity contribution in [2.24, 2.45) is 5.92 Å². The molecule has 4 rings (SSSR count). The van der Waals surface area contributed by atoms with Crippen LogP contribution in [-0.4, -0.2) is 87.7 Å². The molecule has 0 spiro atoms. The van der Waals surface area contributed by atoms with Crippen LogP contribution in [0.1, 0.15) is 54.4 Å². The lowest BCUT2D eigenvalue weighted by atomic mass is 9.82. The number of amides is 1. The van der Waals surface area contributed by atoms with Crippen molar-refractivity contribution in [1.82, 2.24) is 9.80 Å². The maximum absolute atomic E-state index is 13.6. The second-order valence-electron chi connectivity index (χ2n) is 10.5. The maximum Gasteiger partial charge on any atom is 0.308 e. The lowest BCUT2D eigenvalue weighted by Gasteiger charge is -2.30. The van der Waals surface area contributed by atoms with Gasteiger partial charge in [0.1, 0.15) is 0 Å². The molecule has 0 radical (unpaired) electrons. The summed E-state index contributed by atoms with van der Waals surface area (Å²) in [5.41, 5.74) is 2.79. The van der Waals surface area contributed by atoms with Gasteiger partial charge in [-0.15, -0.1) is 0 Å². The van der Waals surface area contributed by atoms with Gasteiger partial charge in [-0.1, -0.05) is 37.6 Å². The number of aliphatic carboxylic acids is 1. The highest BCUT2D eigenvalue weighted by Crippen LogP contribution is 2.44. The van der Waals surface area contributed by atoms with Crippen molar-refractivity contribution in [1.29, 1.82) is 0 Å². The summed E-state index contributed by atoms with van der Waals surface area (Å²) < 4.78 is 11.1. The van der Waals surface area contributed by atoms with Crippen molar-refractivity contribution < 1.29 is 39.5 Å². The van der Waals surface area contributed by atoms with E-state index in [-0.39, 0.29) is 39.1 Å². The van der Waals surface area contributed by atoms with Gasteiger partial charge in [0.05, 0.1) is 25.7 Å². The van der Waals surface area contributed by atoms with Gasteiger partial charge in [-0.3, -0.25) is 14.5 Å². The summed E-state index contributed by atoms with van der Waals surface area (Å²) in [5, 5.41) is 39.8. The van der Waals surface area contributed by atoms with Gasteiger partial charge in [-0.05, 0) is 48.1 Å². The summed E-state index contributed by atoms with van der Waals surface area (Å²) in [6, 6.07) is 10.4. The van der Waals surface area contributed by atoms with E-state index in [4.69, 9.17) is 9.47 Å². The minimum atomic E-state index is -0.974. The Morgan fingerprint density at radius 2 is 1.73 bits per heavy atom. The normalized spacial score (nSPS) is 20.1. The molecule has 2 aliphatic heterocycles. The Morgan fingerprint density at radius 3 is 2.40 bits per heavy atom. The zero-order valence-electron chi connectivity index (χ0n) is 23.0. The maximum atomic E-state index is 13.6. The molecule has 0 bridgehead atoms. The van der Waals surface area contributed by atoms with Gasteiger partial charge in [-0.2, -0.15) is 0 Å². The summed E-state index contributed by atoms with van der Waals surface area (Å²) in [7, 11) is 0. The first-order valence-electron chi connectivity index (χ1n) is 14.0. The van der Waals surface area contributed by atoms with Crippen LogP contribution in [0.25, 0.3) is 0 Å². The largest absolute Gasteiger partial charge is 0.481 e. The van der Waals surface area contributed by atoms with E-state index in [1.807, 2.05) is 29.2 Å². The Labute approximate surface area is 234 Å². The molecule has 4 N–H and O–H groups in total. The van der Waals surface area contributed by atoms with E-state index >= 15 is 0 Å². The van der Waals surface area contributed by atoms with Crippen LogP contribution in [0.2, 0.25) is 0 Å². The van der Waals surface area contributed by atoms with Crippen molar-refractivity contribution in [3.63, 3.8) is 0 Å². The molecule has 0 unspecified atom stereocenters. The molecule has 3 atom stereocenters. The summed E-state index contributed by atoms with van der Waals surface area (Å²) >= 11 is 0. The number of likely N-dealkylation sites (tertiary alicyclic amines) is 1. The average molecular weight is 557 g/mol. The number of hydrogen-bond acceptors (Lipinski definition) is 8. The SMILES string of the molecule is CCCCN(CCCO)C(=O)CN1C[C@H](c2cc(CO)c3c(c2)OCO3)[C@@H](C(=O)O)[C@@H]1Cc1ccccc1CO. The Morgan fingerprint density at radius 1 is 1.00 bits per heavy atom. The fraction of sp³-hybridized carbons (Fsp3) is 0.533. The van der Waals surface area contributed by atoms with Crippen LogP contribution in [0.5, 0.6) is 11.5 Å². The topological polar surface area (TPSA) is 140 Å². The predicted molar refractivity (Wildman–Crippen MR) is 147 cm³/mol. The molecule has 10 heteroatoms. The molecular weight excluding hydrogens is 516 g/mol. The van der Waals surface area contributed by atoms with Crippen LogP contribution in [0.15, 0.2) is 36.4 Å². The number of fused-ring (bicyclic) bond motifs is 1. The van der Waals surface area contributed by atoms with Crippen LogP contribution in [0.3, 0.4) is 0 Å². The first kappa shape index (κ1) is 29.8. The van der Waals surface area contributed by atoms with E-state index in [2.05, 4.69) is 6.92 Å². The van der Waals surface area contributed by atoms with Crippen LogP contribution in [0, 0.1) is 5.92 Å². The summed E-state index contributed by atoms with van der Waals surface area (Å²) in [4.78, 5) is 30.1. The fourth-order valence-corrected chi connectivity index (χ4v) is 5.90. The molecule has 0 aromatic heterocycles. The predicted octanol–water partition coefficient (Wildman–Crippen LogP) is 2.12. The Kier molecular flexibility index (Phi) is 10.4. The minimum absolute atomic E-state index is 0.0132. The zero-order valence-corrected chi connectivity index (χ0v) is 23.0. The third-order valence-electron chi connectivity index (χ3n) is 7.98. The summed E-state index contributed by atoms with van der Waals surface area (Å²) in [5.74, 6) is -1.47. The number of carbonyl (C=O) groups excluding carboxylic acids is 1. The van der Waals surface area contributed by atoms with Gasteiger partial charge in [0.15, 0.2) is 11.5 Å². The number of ether oxygens (including phenoxy) is 2. The second kappa shape index (κ2) is 13.9. The third kappa shape index (κ3) is 6.58. The van der Waals surface area contributed by atoms with Gasteiger partial charge in [0, 0.05) is 43.8 Å². The number of unbranched alkanes of at least 4 members (excludes halogenated alkanes) is 1. The smallest absolute Gasteiger partial charge is 0.308 e. The highest BCUT2D eigenvalue weighted by atomic mass is 16.7. The number of benzene rings is 2. The van der Waals surface area contributed by atoms with E-state index in [9.17, 15) is 30.0 Å². The summed E-state index contributed by atoms with van der Waals surface area (Å²) in [6.07, 6.45) is 2.59. The number of rotatable bonds is 14. The van der Waals surface area contributed by atoms with E-state index in [0.717, 1.165) is 24.0 Å². The molecule has 2 aromatic rings. The van der Waals surface area contributed by atoms with E-state index in [0.29, 0.717) is 55.1 Å². The monoisotopic (exact) mass is 556 g/mol. The van der Waals surface area contributed by atoms with E-state index in [1.165, 1.54) is 0 Å². The number of aliphatic hydroxyl groups is 3. The van der Waals surface area contributed by atoms with Crippen molar-refractivity contribution in [3.05, 3.63) is 58.7 Å². The molecule has 0 saturated carbocycles. The van der Waals surface area contributed by atoms with Gasteiger partial charge in [-0.25, -0.2) is 0 Å². The van der Waals surface area contributed by atoms with Crippen molar-refractivity contribution in [3.8, 4) is 11.5 Å². The lowest BCUT2D eigenvalue weighted by Crippen LogP contribution is -2.45. The van der Waals surface area contributed by atoms with Gasteiger partial charge in [0.25, 0.3) is 0 Å². The van der Waals surface area contributed by atoms with Crippen LogP contribution < -0.4 is 9.47 Å². The number of aliphatic hydroxyl groups excluding tert-OH is 3. The third-order valence-corrected chi connectivity index (χ3v) is 7.98. The molecule has 1 saturated heterocycles. The van der Waals surface area contributed by atoms with Gasteiger partial charge >= 0.3 is 5.97 Å². The molecule has 2 aromatic carbocycles. The molecule has 0 aliphatic carbocycles. The molecule has 1 fully saturated rings. The average Bonchev–Trinajstić information content (AvgIpc) is 3.57. The lowest BCUT2D eigenvalue weighted by molar-refractivity contribution is -0.143. The second-order valence-corrected chi connectivity index (χ2v) is 10.5. The number of carbonyl (C=O) groups is 2. The number of nitrogens with zero attached hydrogens (tertiary/aromatic N) is 2.